The van der Waals surface area contributed by atoms with Gasteiger partial charge in [-0.05, 0) is 40.5 Å². The number of benzene rings is 1. The van der Waals surface area contributed by atoms with Crippen LogP contribution in [0.25, 0.3) is 11.2 Å². The Bertz CT molecular complexity index is 771. The number of aromatic nitrogens is 4. The molecule has 0 amide bonds. The molecule has 0 fully saturated rings. The summed E-state index contributed by atoms with van der Waals surface area (Å²) in [7, 11) is 1.75. The molecule has 0 atom stereocenters. The molecule has 0 bridgehead atoms. The molecule has 0 aliphatic rings. The molecule has 2 heterocycles. The predicted octanol–water partition coefficient (Wildman–Crippen LogP) is 3.26. The van der Waals surface area contributed by atoms with Crippen LogP contribution in [0.2, 0.25) is 0 Å². The van der Waals surface area contributed by atoms with Crippen molar-refractivity contribution in [1.29, 1.82) is 0 Å². The Morgan fingerprint density at radius 1 is 1.30 bits per heavy atom. The molecular weight excluding hydrogens is 322 g/mol. The number of aryl methyl sites for hydroxylation is 1. The second-order valence-corrected chi connectivity index (χ2v) is 5.09. The molecule has 0 aliphatic carbocycles. The molecule has 7 heteroatoms. The summed E-state index contributed by atoms with van der Waals surface area (Å²) in [6.07, 6.45) is 1.57. The number of hydrogen-bond acceptors (Lipinski definition) is 5. The van der Waals surface area contributed by atoms with Crippen molar-refractivity contribution >= 4 is 33.0 Å². The maximum Gasteiger partial charge on any atom is 0.250 e. The number of ether oxygens (including phenoxy) is 1. The van der Waals surface area contributed by atoms with Crippen molar-refractivity contribution in [3.05, 3.63) is 34.6 Å². The van der Waals surface area contributed by atoms with E-state index in [-0.39, 0.29) is 0 Å². The molecule has 0 unspecified atom stereocenters. The Morgan fingerprint density at radius 3 is 2.90 bits per heavy atom. The van der Waals surface area contributed by atoms with Crippen molar-refractivity contribution in [3.8, 4) is 11.6 Å². The molecule has 0 aliphatic heterocycles. The highest BCUT2D eigenvalue weighted by Crippen LogP contribution is 2.32. The largest absolute Gasteiger partial charge is 0.436 e. The van der Waals surface area contributed by atoms with Crippen LogP contribution in [0.5, 0.6) is 11.6 Å². The summed E-state index contributed by atoms with van der Waals surface area (Å²) in [4.78, 5) is 15.7. The number of nitrogens with zero attached hydrogens (tertiary/aromatic N) is 3. The first-order valence-electron chi connectivity index (χ1n) is 6.00. The third-order valence-corrected chi connectivity index (χ3v) is 3.39. The van der Waals surface area contributed by atoms with Gasteiger partial charge in [0.15, 0.2) is 5.65 Å². The van der Waals surface area contributed by atoms with Crippen LogP contribution in [0.15, 0.2) is 29.0 Å². The van der Waals surface area contributed by atoms with Gasteiger partial charge in [0.2, 0.25) is 5.95 Å². The minimum atomic E-state index is 0.432. The molecule has 2 aromatic heterocycles. The maximum atomic E-state index is 5.87. The predicted molar refractivity (Wildman–Crippen MR) is 80.2 cm³/mol. The van der Waals surface area contributed by atoms with E-state index in [1.807, 2.05) is 25.1 Å². The lowest BCUT2D eigenvalue weighted by atomic mass is 10.2. The van der Waals surface area contributed by atoms with E-state index in [9.17, 15) is 0 Å². The van der Waals surface area contributed by atoms with E-state index >= 15 is 0 Å². The number of anilines is 1. The summed E-state index contributed by atoms with van der Waals surface area (Å²) in [6, 6.07) is 5.85. The first-order valence-corrected chi connectivity index (χ1v) is 6.79. The standard InChI is InChI=1S/C13H12BrN5O/c1-7-3-4-9(8(14)5-7)20-12-10-11(17-6-16-10)18-13(15-2)19-12/h3-6H,1-2H3,(H2,15,16,17,18,19). The van der Waals surface area contributed by atoms with Gasteiger partial charge in [-0.2, -0.15) is 9.97 Å². The molecule has 0 saturated heterocycles. The van der Waals surface area contributed by atoms with Crippen LogP contribution in [-0.2, 0) is 0 Å². The topological polar surface area (TPSA) is 75.7 Å². The summed E-state index contributed by atoms with van der Waals surface area (Å²) >= 11 is 3.49. The van der Waals surface area contributed by atoms with E-state index in [1.54, 1.807) is 13.4 Å². The van der Waals surface area contributed by atoms with E-state index < -0.39 is 0 Å². The van der Waals surface area contributed by atoms with Crippen molar-refractivity contribution in [1.82, 2.24) is 19.9 Å². The van der Waals surface area contributed by atoms with E-state index in [4.69, 9.17) is 4.74 Å². The Kier molecular flexibility index (Phi) is 3.27. The zero-order chi connectivity index (χ0) is 14.1. The van der Waals surface area contributed by atoms with Gasteiger partial charge in [-0.1, -0.05) is 6.07 Å². The SMILES string of the molecule is CNc1nc(Oc2ccc(C)cc2Br)c2[nH]cnc2n1. The van der Waals surface area contributed by atoms with Crippen LogP contribution >= 0.6 is 15.9 Å². The summed E-state index contributed by atoms with van der Waals surface area (Å²) in [5.74, 6) is 1.58. The van der Waals surface area contributed by atoms with Crippen molar-refractivity contribution in [3.63, 3.8) is 0 Å². The average molecular weight is 334 g/mol. The van der Waals surface area contributed by atoms with Gasteiger partial charge in [0.1, 0.15) is 11.3 Å². The second kappa shape index (κ2) is 5.09. The molecule has 0 radical (unpaired) electrons. The number of H-pyrrole nitrogens is 1. The monoisotopic (exact) mass is 333 g/mol. The van der Waals surface area contributed by atoms with Gasteiger partial charge in [0.25, 0.3) is 5.88 Å². The van der Waals surface area contributed by atoms with Crippen LogP contribution in [0.4, 0.5) is 5.95 Å². The van der Waals surface area contributed by atoms with Gasteiger partial charge in [-0.3, -0.25) is 0 Å². The summed E-state index contributed by atoms with van der Waals surface area (Å²) < 4.78 is 6.74. The van der Waals surface area contributed by atoms with E-state index in [2.05, 4.69) is 41.2 Å². The van der Waals surface area contributed by atoms with Gasteiger partial charge >= 0.3 is 0 Å². The Balaban J connectivity index is 2.07. The second-order valence-electron chi connectivity index (χ2n) is 4.24. The Morgan fingerprint density at radius 2 is 2.15 bits per heavy atom. The van der Waals surface area contributed by atoms with Crippen molar-refractivity contribution in [2.75, 3.05) is 12.4 Å². The van der Waals surface area contributed by atoms with Gasteiger partial charge in [0.05, 0.1) is 10.8 Å². The summed E-state index contributed by atoms with van der Waals surface area (Å²) in [6.45, 7) is 2.02. The molecule has 0 spiro atoms. The van der Waals surface area contributed by atoms with Gasteiger partial charge in [-0.25, -0.2) is 4.98 Å². The summed E-state index contributed by atoms with van der Waals surface area (Å²) in [5, 5.41) is 2.89. The van der Waals surface area contributed by atoms with E-state index in [1.165, 1.54) is 0 Å². The Labute approximate surface area is 123 Å². The maximum absolute atomic E-state index is 5.87. The quantitative estimate of drug-likeness (QED) is 0.769. The van der Waals surface area contributed by atoms with Crippen LogP contribution < -0.4 is 10.1 Å². The molecule has 6 nitrogen and oxygen atoms in total. The van der Waals surface area contributed by atoms with E-state index in [0.717, 1.165) is 10.0 Å². The minimum absolute atomic E-state index is 0.432. The molecule has 0 saturated carbocycles. The number of nitrogens with one attached hydrogen (secondary N) is 2. The normalized spacial score (nSPS) is 10.8. The first-order chi connectivity index (χ1) is 9.67. The fourth-order valence-corrected chi connectivity index (χ4v) is 2.36. The highest BCUT2D eigenvalue weighted by molar-refractivity contribution is 9.10. The number of hydrogen-bond donors (Lipinski definition) is 2. The number of halogens is 1. The lowest BCUT2D eigenvalue weighted by Crippen LogP contribution is -1.99. The molecular formula is C13H12BrN5O. The molecule has 3 rings (SSSR count). The van der Waals surface area contributed by atoms with Crippen molar-refractivity contribution in [2.24, 2.45) is 0 Å². The number of aromatic amines is 1. The van der Waals surface area contributed by atoms with Crippen LogP contribution in [0.1, 0.15) is 5.56 Å². The highest BCUT2D eigenvalue weighted by Gasteiger charge is 2.12. The van der Waals surface area contributed by atoms with Crippen LogP contribution in [0, 0.1) is 6.92 Å². The lowest BCUT2D eigenvalue weighted by molar-refractivity contribution is 0.465. The number of imidazole rings is 1. The molecule has 20 heavy (non-hydrogen) atoms. The average Bonchev–Trinajstić information content (AvgIpc) is 2.90. The van der Waals surface area contributed by atoms with Crippen LogP contribution in [-0.4, -0.2) is 27.0 Å². The molecule has 3 aromatic rings. The zero-order valence-electron chi connectivity index (χ0n) is 10.9. The first kappa shape index (κ1) is 12.9. The van der Waals surface area contributed by atoms with Gasteiger partial charge in [0, 0.05) is 7.05 Å². The smallest absolute Gasteiger partial charge is 0.250 e. The molecule has 102 valence electrons. The van der Waals surface area contributed by atoms with Gasteiger partial charge in [-0.15, -0.1) is 0 Å². The van der Waals surface area contributed by atoms with Crippen LogP contribution in [0.3, 0.4) is 0 Å². The molecule has 1 aromatic carbocycles. The van der Waals surface area contributed by atoms with E-state index in [0.29, 0.717) is 28.7 Å². The third-order valence-electron chi connectivity index (χ3n) is 2.77. The highest BCUT2D eigenvalue weighted by atomic mass is 79.9. The zero-order valence-corrected chi connectivity index (χ0v) is 12.5. The number of fused-ring (bicyclic) bond motifs is 1. The van der Waals surface area contributed by atoms with Gasteiger partial charge < -0.3 is 15.0 Å². The lowest BCUT2D eigenvalue weighted by Gasteiger charge is -2.09. The number of rotatable bonds is 3. The minimum Gasteiger partial charge on any atom is -0.436 e. The fourth-order valence-electron chi connectivity index (χ4n) is 1.79. The fraction of sp³-hybridized carbons (Fsp3) is 0.154. The van der Waals surface area contributed by atoms with Crippen molar-refractivity contribution < 1.29 is 4.74 Å². The van der Waals surface area contributed by atoms with Crippen molar-refractivity contribution in [2.45, 2.75) is 6.92 Å². The molecule has 2 N–H and O–H groups in total. The summed E-state index contributed by atoms with van der Waals surface area (Å²) in [5.41, 5.74) is 2.37. The Hall–Kier alpha value is -2.15. The third kappa shape index (κ3) is 2.32.